The Bertz CT molecular complexity index is 341. The van der Waals surface area contributed by atoms with Crippen LogP contribution in [0, 0.1) is 0 Å². The highest BCUT2D eigenvalue weighted by Gasteiger charge is 2.57. The van der Waals surface area contributed by atoms with Gasteiger partial charge in [-0.25, -0.2) is 4.39 Å². The summed E-state index contributed by atoms with van der Waals surface area (Å²) in [4.78, 5) is 10.5. The predicted octanol–water partition coefficient (Wildman–Crippen LogP) is -2.75. The van der Waals surface area contributed by atoms with Gasteiger partial charge in [-0.1, -0.05) is 0 Å². The molecular formula is C10H18FNO8. The minimum atomic E-state index is -3.30. The van der Waals surface area contributed by atoms with Gasteiger partial charge in [0.2, 0.25) is 6.29 Å². The Labute approximate surface area is 113 Å². The van der Waals surface area contributed by atoms with Gasteiger partial charge < -0.3 is 40.7 Å². The van der Waals surface area contributed by atoms with Crippen LogP contribution in [0.15, 0.2) is 0 Å². The van der Waals surface area contributed by atoms with E-state index < -0.39 is 49.3 Å². The lowest BCUT2D eigenvalue weighted by Crippen LogP contribution is -2.46. The standard InChI is InChI=1S/C10H18FNO8/c11-10(18)7(15)5(3-13)19-9(10)20-6(14)2-1-4(12)8(16)17/h4-7,9,13-15,18H,1-3,12H2,(H,16,17)/t4-,5+,6-,7+,9+,10-/m0/s1. The van der Waals surface area contributed by atoms with Gasteiger partial charge in [-0.3, -0.25) is 4.79 Å². The first-order chi connectivity index (χ1) is 9.20. The molecule has 0 amide bonds. The highest BCUT2D eigenvalue weighted by Crippen LogP contribution is 2.33. The molecule has 9 nitrogen and oxygen atoms in total. The van der Waals surface area contributed by atoms with Gasteiger partial charge in [-0.15, -0.1) is 0 Å². The van der Waals surface area contributed by atoms with E-state index in [1.807, 2.05) is 0 Å². The summed E-state index contributed by atoms with van der Waals surface area (Å²) in [5, 5.41) is 45.4. The SMILES string of the molecule is N[C@@H](CC[C@@H](O)O[C@H]1O[C@H](CO)[C@@H](O)[C@@]1(O)F)C(=O)O. The molecule has 1 saturated heterocycles. The van der Waals surface area contributed by atoms with Gasteiger partial charge in [-0.05, 0) is 6.42 Å². The summed E-state index contributed by atoms with van der Waals surface area (Å²) in [5.41, 5.74) is 5.20. The average molecular weight is 299 g/mol. The van der Waals surface area contributed by atoms with Crippen LogP contribution in [0.2, 0.25) is 0 Å². The molecule has 0 radical (unpaired) electrons. The highest BCUT2D eigenvalue weighted by atomic mass is 19.2. The molecule has 118 valence electrons. The first kappa shape index (κ1) is 17.2. The van der Waals surface area contributed by atoms with Crippen LogP contribution in [0.1, 0.15) is 12.8 Å². The van der Waals surface area contributed by atoms with Crippen molar-refractivity contribution < 1.29 is 44.2 Å². The van der Waals surface area contributed by atoms with Crippen molar-refractivity contribution in [2.45, 2.75) is 49.5 Å². The normalized spacial score (nSPS) is 36.8. The second-order valence-electron chi connectivity index (χ2n) is 4.47. The molecule has 1 rings (SSSR count). The van der Waals surface area contributed by atoms with Gasteiger partial charge in [0.05, 0.1) is 6.61 Å². The van der Waals surface area contributed by atoms with Crippen molar-refractivity contribution >= 4 is 5.97 Å². The Morgan fingerprint density at radius 2 is 2.10 bits per heavy atom. The number of alkyl halides is 1. The van der Waals surface area contributed by atoms with Gasteiger partial charge >= 0.3 is 5.97 Å². The number of aliphatic carboxylic acids is 1. The maximum Gasteiger partial charge on any atom is 0.320 e. The minimum absolute atomic E-state index is 0.153. The van der Waals surface area contributed by atoms with Gasteiger partial charge in [-0.2, -0.15) is 0 Å². The number of aliphatic hydroxyl groups excluding tert-OH is 3. The fraction of sp³-hybridized carbons (Fsp3) is 0.900. The van der Waals surface area contributed by atoms with E-state index in [1.165, 1.54) is 0 Å². The third-order valence-corrected chi connectivity index (χ3v) is 2.90. The quantitative estimate of drug-likeness (QED) is 0.273. The molecule has 0 aromatic rings. The molecule has 20 heavy (non-hydrogen) atoms. The highest BCUT2D eigenvalue weighted by molar-refractivity contribution is 5.72. The van der Waals surface area contributed by atoms with Crippen molar-refractivity contribution in [3.63, 3.8) is 0 Å². The maximum absolute atomic E-state index is 13.7. The molecule has 6 atom stereocenters. The summed E-state index contributed by atoms with van der Waals surface area (Å²) >= 11 is 0. The van der Waals surface area contributed by atoms with E-state index in [0.717, 1.165) is 0 Å². The van der Waals surface area contributed by atoms with Crippen LogP contribution in [0.5, 0.6) is 0 Å². The van der Waals surface area contributed by atoms with Crippen molar-refractivity contribution in [3.05, 3.63) is 0 Å². The predicted molar refractivity (Wildman–Crippen MR) is 59.7 cm³/mol. The van der Waals surface area contributed by atoms with E-state index in [1.54, 1.807) is 0 Å². The number of rotatable bonds is 7. The minimum Gasteiger partial charge on any atom is -0.480 e. The molecule has 0 aromatic heterocycles. The molecular weight excluding hydrogens is 281 g/mol. The van der Waals surface area contributed by atoms with Crippen LogP contribution in [0.25, 0.3) is 0 Å². The Hall–Kier alpha value is -0.880. The summed E-state index contributed by atoms with van der Waals surface area (Å²) in [6.07, 6.45) is -7.50. The van der Waals surface area contributed by atoms with Crippen LogP contribution in [0.4, 0.5) is 4.39 Å². The number of aliphatic hydroxyl groups is 4. The lowest BCUT2D eigenvalue weighted by Gasteiger charge is -2.24. The molecule has 0 saturated carbocycles. The zero-order valence-electron chi connectivity index (χ0n) is 10.4. The van der Waals surface area contributed by atoms with Crippen LogP contribution in [-0.2, 0) is 14.3 Å². The van der Waals surface area contributed by atoms with E-state index in [2.05, 4.69) is 4.74 Å². The molecule has 1 aliphatic heterocycles. The molecule has 0 spiro atoms. The fourth-order valence-electron chi connectivity index (χ4n) is 1.66. The summed E-state index contributed by atoms with van der Waals surface area (Å²) < 4.78 is 23.1. The number of carbonyl (C=O) groups is 1. The topological polar surface area (TPSA) is 163 Å². The van der Waals surface area contributed by atoms with Gasteiger partial charge in [0.1, 0.15) is 18.2 Å². The van der Waals surface area contributed by atoms with Crippen LogP contribution in [-0.4, -0.2) is 74.8 Å². The Morgan fingerprint density at radius 3 is 2.55 bits per heavy atom. The fourth-order valence-corrected chi connectivity index (χ4v) is 1.66. The van der Waals surface area contributed by atoms with Crippen molar-refractivity contribution in [3.8, 4) is 0 Å². The molecule has 7 N–H and O–H groups in total. The molecule has 0 unspecified atom stereocenters. The summed E-state index contributed by atoms with van der Waals surface area (Å²) in [7, 11) is 0. The second-order valence-corrected chi connectivity index (χ2v) is 4.47. The van der Waals surface area contributed by atoms with E-state index in [0.29, 0.717) is 0 Å². The van der Waals surface area contributed by atoms with Gasteiger partial charge in [0.25, 0.3) is 5.85 Å². The molecule has 1 heterocycles. The number of carboxylic acids is 1. The van der Waals surface area contributed by atoms with Crippen LogP contribution in [0.3, 0.4) is 0 Å². The van der Waals surface area contributed by atoms with E-state index in [4.69, 9.17) is 20.7 Å². The third kappa shape index (κ3) is 3.82. The number of hydrogen-bond donors (Lipinski definition) is 6. The Balaban J connectivity index is 2.49. The first-order valence-corrected chi connectivity index (χ1v) is 5.87. The van der Waals surface area contributed by atoms with Crippen molar-refractivity contribution in [1.29, 1.82) is 0 Å². The summed E-state index contributed by atoms with van der Waals surface area (Å²) in [5.74, 6) is -4.57. The number of hydrogen-bond acceptors (Lipinski definition) is 8. The average Bonchev–Trinajstić information content (AvgIpc) is 2.59. The Morgan fingerprint density at radius 1 is 1.50 bits per heavy atom. The monoisotopic (exact) mass is 299 g/mol. The second kappa shape index (κ2) is 6.72. The van der Waals surface area contributed by atoms with Gasteiger partial charge in [0, 0.05) is 6.42 Å². The first-order valence-electron chi connectivity index (χ1n) is 5.87. The summed E-state index contributed by atoms with van der Waals surface area (Å²) in [6, 6.07) is -1.22. The molecule has 0 bridgehead atoms. The number of halogens is 1. The van der Waals surface area contributed by atoms with Crippen molar-refractivity contribution in [1.82, 2.24) is 0 Å². The van der Waals surface area contributed by atoms with Crippen molar-refractivity contribution in [2.24, 2.45) is 5.73 Å². The smallest absolute Gasteiger partial charge is 0.320 e. The maximum atomic E-state index is 13.7. The summed E-state index contributed by atoms with van der Waals surface area (Å²) in [6.45, 7) is -0.757. The third-order valence-electron chi connectivity index (χ3n) is 2.90. The molecule has 0 aliphatic carbocycles. The van der Waals surface area contributed by atoms with Crippen LogP contribution < -0.4 is 5.73 Å². The molecule has 1 aliphatic rings. The number of ether oxygens (including phenoxy) is 2. The van der Waals surface area contributed by atoms with Crippen molar-refractivity contribution in [2.75, 3.05) is 6.61 Å². The number of carboxylic acid groups (broad SMARTS) is 1. The molecule has 0 aromatic carbocycles. The van der Waals surface area contributed by atoms with E-state index >= 15 is 0 Å². The van der Waals surface area contributed by atoms with E-state index in [9.17, 15) is 24.5 Å². The largest absolute Gasteiger partial charge is 0.480 e. The molecule has 10 heteroatoms. The number of nitrogens with two attached hydrogens (primary N) is 1. The lowest BCUT2D eigenvalue weighted by atomic mass is 10.1. The lowest BCUT2D eigenvalue weighted by molar-refractivity contribution is -0.302. The van der Waals surface area contributed by atoms with Gasteiger partial charge in [0.15, 0.2) is 6.29 Å². The zero-order chi connectivity index (χ0) is 15.5. The van der Waals surface area contributed by atoms with E-state index in [-0.39, 0.29) is 12.8 Å². The zero-order valence-corrected chi connectivity index (χ0v) is 10.4. The Kier molecular flexibility index (Phi) is 5.77. The van der Waals surface area contributed by atoms with Crippen LogP contribution >= 0.6 is 0 Å². The molecule has 1 fully saturated rings.